The molecule has 1 saturated carbocycles. The number of hydrogen-bond acceptors (Lipinski definition) is 2. The minimum Gasteiger partial charge on any atom is -0.469 e. The molecule has 1 aromatic rings. The third-order valence-corrected chi connectivity index (χ3v) is 4.39. The summed E-state index contributed by atoms with van der Waals surface area (Å²) in [6.07, 6.45) is 9.62. The van der Waals surface area contributed by atoms with E-state index < -0.39 is 0 Å². The van der Waals surface area contributed by atoms with E-state index >= 15 is 0 Å². The Bertz CT molecular complexity index is 441. The van der Waals surface area contributed by atoms with Crippen molar-refractivity contribution in [1.29, 1.82) is 0 Å². The molecule has 0 saturated heterocycles. The third-order valence-electron chi connectivity index (χ3n) is 4.39. The van der Waals surface area contributed by atoms with Crippen molar-refractivity contribution in [3.8, 4) is 0 Å². The number of guanidine groups is 1. The van der Waals surface area contributed by atoms with Crippen molar-refractivity contribution < 1.29 is 4.42 Å². The predicted molar refractivity (Wildman–Crippen MR) is 87.5 cm³/mol. The fourth-order valence-corrected chi connectivity index (χ4v) is 2.65. The fourth-order valence-electron chi connectivity index (χ4n) is 2.65. The Hall–Kier alpha value is -1.71. The molecule has 1 aromatic heterocycles. The topological polar surface area (TPSA) is 49.6 Å². The second kappa shape index (κ2) is 7.91. The molecule has 1 fully saturated rings. The van der Waals surface area contributed by atoms with E-state index in [1.54, 1.807) is 6.26 Å². The van der Waals surface area contributed by atoms with Crippen molar-refractivity contribution in [2.24, 2.45) is 10.4 Å². The first-order chi connectivity index (χ1) is 10.3. The highest BCUT2D eigenvalue weighted by atomic mass is 16.3. The van der Waals surface area contributed by atoms with E-state index in [2.05, 4.69) is 24.1 Å². The lowest BCUT2D eigenvalue weighted by Crippen LogP contribution is -2.40. The van der Waals surface area contributed by atoms with Crippen LogP contribution in [0.5, 0.6) is 0 Å². The highest BCUT2D eigenvalue weighted by molar-refractivity contribution is 5.79. The number of furan rings is 1. The minimum absolute atomic E-state index is 0.448. The van der Waals surface area contributed by atoms with Gasteiger partial charge < -0.3 is 15.1 Å². The lowest BCUT2D eigenvalue weighted by atomic mass is 9.67. The molecule has 0 aliphatic heterocycles. The first kappa shape index (κ1) is 15.7. The summed E-state index contributed by atoms with van der Waals surface area (Å²) in [6, 6.07) is 3.91. The maximum atomic E-state index is 5.34. The van der Waals surface area contributed by atoms with Crippen LogP contribution in [0.25, 0.3) is 0 Å². The molecule has 2 N–H and O–H groups in total. The maximum absolute atomic E-state index is 5.34. The van der Waals surface area contributed by atoms with Crippen LogP contribution in [0.3, 0.4) is 0 Å². The van der Waals surface area contributed by atoms with Crippen LogP contribution in [-0.2, 0) is 6.42 Å². The summed E-state index contributed by atoms with van der Waals surface area (Å²) in [5, 5.41) is 6.65. The smallest absolute Gasteiger partial charge is 0.191 e. The van der Waals surface area contributed by atoms with Crippen molar-refractivity contribution in [1.82, 2.24) is 10.6 Å². The summed E-state index contributed by atoms with van der Waals surface area (Å²) in [7, 11) is 0. The first-order valence-corrected chi connectivity index (χ1v) is 7.93. The Morgan fingerprint density at radius 3 is 2.90 bits per heavy atom. The molecular formula is C17H27N3O. The summed E-state index contributed by atoms with van der Waals surface area (Å²) in [5.41, 5.74) is 0.448. The number of nitrogens with zero attached hydrogens (tertiary/aromatic N) is 1. The monoisotopic (exact) mass is 289 g/mol. The van der Waals surface area contributed by atoms with E-state index in [1.165, 1.54) is 25.7 Å². The average Bonchev–Trinajstić information content (AvgIpc) is 2.96. The molecule has 0 aromatic carbocycles. The van der Waals surface area contributed by atoms with Crippen molar-refractivity contribution in [3.63, 3.8) is 0 Å². The molecule has 21 heavy (non-hydrogen) atoms. The molecule has 2 rings (SSSR count). The molecule has 116 valence electrons. The van der Waals surface area contributed by atoms with E-state index in [-0.39, 0.29) is 0 Å². The van der Waals surface area contributed by atoms with E-state index in [0.717, 1.165) is 37.8 Å². The Morgan fingerprint density at radius 2 is 2.33 bits per heavy atom. The van der Waals surface area contributed by atoms with Gasteiger partial charge in [-0.25, -0.2) is 0 Å². The summed E-state index contributed by atoms with van der Waals surface area (Å²) < 4.78 is 5.34. The van der Waals surface area contributed by atoms with Crippen LogP contribution in [0.15, 0.2) is 40.5 Å². The second-order valence-electron chi connectivity index (χ2n) is 5.80. The van der Waals surface area contributed by atoms with Gasteiger partial charge in [0.1, 0.15) is 5.76 Å². The van der Waals surface area contributed by atoms with E-state index in [0.29, 0.717) is 5.41 Å². The summed E-state index contributed by atoms with van der Waals surface area (Å²) in [6.45, 7) is 8.48. The van der Waals surface area contributed by atoms with Gasteiger partial charge in [-0.2, -0.15) is 0 Å². The molecule has 0 radical (unpaired) electrons. The fraction of sp³-hybridized carbons (Fsp3) is 0.588. The molecule has 0 atom stereocenters. The zero-order chi connectivity index (χ0) is 15.0. The molecule has 1 heterocycles. The van der Waals surface area contributed by atoms with Crippen LogP contribution in [0, 0.1) is 5.41 Å². The number of aliphatic imine (C=N–C) groups is 1. The summed E-state index contributed by atoms with van der Waals surface area (Å²) in [5.74, 6) is 1.87. The molecule has 1 aliphatic carbocycles. The van der Waals surface area contributed by atoms with Gasteiger partial charge in [0.15, 0.2) is 5.96 Å². The maximum Gasteiger partial charge on any atom is 0.191 e. The number of hydrogen-bond donors (Lipinski definition) is 2. The van der Waals surface area contributed by atoms with E-state index in [1.807, 2.05) is 18.2 Å². The molecule has 4 heteroatoms. The molecule has 0 unspecified atom stereocenters. The average molecular weight is 289 g/mol. The van der Waals surface area contributed by atoms with Crippen LogP contribution in [0.1, 0.15) is 38.4 Å². The van der Waals surface area contributed by atoms with E-state index in [4.69, 9.17) is 9.41 Å². The molecule has 0 bridgehead atoms. The van der Waals surface area contributed by atoms with Gasteiger partial charge in [0.2, 0.25) is 0 Å². The molecule has 0 amide bonds. The highest BCUT2D eigenvalue weighted by Gasteiger charge is 2.34. The Labute approximate surface area is 127 Å². The molecule has 4 nitrogen and oxygen atoms in total. The van der Waals surface area contributed by atoms with Crippen LogP contribution in [0.2, 0.25) is 0 Å². The zero-order valence-electron chi connectivity index (χ0n) is 13.0. The van der Waals surface area contributed by atoms with Gasteiger partial charge in [-0.3, -0.25) is 4.99 Å². The van der Waals surface area contributed by atoms with Crippen molar-refractivity contribution in [2.45, 2.75) is 39.0 Å². The van der Waals surface area contributed by atoms with Gasteiger partial charge in [-0.1, -0.05) is 19.4 Å². The minimum atomic E-state index is 0.448. The highest BCUT2D eigenvalue weighted by Crippen LogP contribution is 2.43. The Morgan fingerprint density at radius 1 is 1.48 bits per heavy atom. The lowest BCUT2D eigenvalue weighted by molar-refractivity contribution is 0.139. The standard InChI is InChI=1S/C17H27N3O/c1-3-11-18-16(19-12-8-15-7-5-13-21-15)20-14-17(4-2)9-6-10-17/h3,5,7,13H,1,4,6,8-12,14H2,2H3,(H2,18,19,20). The zero-order valence-corrected chi connectivity index (χ0v) is 13.0. The van der Waals surface area contributed by atoms with Gasteiger partial charge in [0.25, 0.3) is 0 Å². The largest absolute Gasteiger partial charge is 0.469 e. The lowest BCUT2D eigenvalue weighted by Gasteiger charge is -2.40. The molecule has 1 aliphatic rings. The van der Waals surface area contributed by atoms with Crippen LogP contribution >= 0.6 is 0 Å². The summed E-state index contributed by atoms with van der Waals surface area (Å²) >= 11 is 0. The van der Waals surface area contributed by atoms with E-state index in [9.17, 15) is 0 Å². The number of rotatable bonds is 8. The van der Waals surface area contributed by atoms with Crippen LogP contribution < -0.4 is 10.6 Å². The van der Waals surface area contributed by atoms with Crippen molar-refractivity contribution in [3.05, 3.63) is 36.8 Å². The van der Waals surface area contributed by atoms with Gasteiger partial charge >= 0.3 is 0 Å². The Kier molecular flexibility index (Phi) is 5.90. The quantitative estimate of drug-likeness (QED) is 0.439. The van der Waals surface area contributed by atoms with Crippen molar-refractivity contribution in [2.75, 3.05) is 19.6 Å². The third kappa shape index (κ3) is 4.66. The predicted octanol–water partition coefficient (Wildman–Crippen LogP) is 3.12. The van der Waals surface area contributed by atoms with Gasteiger partial charge in [-0.05, 0) is 36.8 Å². The van der Waals surface area contributed by atoms with Gasteiger partial charge in [0, 0.05) is 26.1 Å². The van der Waals surface area contributed by atoms with Gasteiger partial charge in [0.05, 0.1) is 6.26 Å². The van der Waals surface area contributed by atoms with Crippen molar-refractivity contribution >= 4 is 5.96 Å². The van der Waals surface area contributed by atoms with Gasteiger partial charge in [-0.15, -0.1) is 6.58 Å². The Balaban J connectivity index is 1.82. The normalized spacial score (nSPS) is 17.1. The van der Waals surface area contributed by atoms with Crippen LogP contribution in [-0.4, -0.2) is 25.6 Å². The molecular weight excluding hydrogens is 262 g/mol. The first-order valence-electron chi connectivity index (χ1n) is 7.93. The molecule has 0 spiro atoms. The number of nitrogens with one attached hydrogen (secondary N) is 2. The summed E-state index contributed by atoms with van der Waals surface area (Å²) in [4.78, 5) is 4.76. The second-order valence-corrected chi connectivity index (χ2v) is 5.80. The SMILES string of the molecule is C=CCNC(=NCC1(CC)CCC1)NCCc1ccco1. The van der Waals surface area contributed by atoms with Crippen LogP contribution in [0.4, 0.5) is 0 Å².